The lowest BCUT2D eigenvalue weighted by Crippen LogP contribution is -2.35. The Morgan fingerprint density at radius 3 is 2.51 bits per heavy atom. The average Bonchev–Trinajstić information content (AvgIpc) is 3.56. The third-order valence-corrected chi connectivity index (χ3v) is 8.75. The lowest BCUT2D eigenvalue weighted by atomic mass is 9.81. The standard InChI is InChI=1S/C33H42N2O6/c1-3-28(26-9-11-30-27(19-26)14-16-40-30)34(20-23-4-7-25(8-5-23)33(38)39)21-24-6-10-29(22(2)18-24)41-17-15-35-31(36)12-13-32(35)37/h6,9-13,18-19,23,25,28,36-37H,3-5,7-8,14-17,20-21H2,1-2H3,(H,38,39). The van der Waals surface area contributed by atoms with Crippen LogP contribution in [0.3, 0.4) is 0 Å². The number of aliphatic carboxylic acids is 1. The molecule has 3 N–H and O–H groups in total. The number of ether oxygens (including phenoxy) is 2. The van der Waals surface area contributed by atoms with E-state index in [1.165, 1.54) is 33.4 Å². The highest BCUT2D eigenvalue weighted by molar-refractivity contribution is 5.70. The van der Waals surface area contributed by atoms with Crippen LogP contribution in [0.4, 0.5) is 0 Å². The highest BCUT2D eigenvalue weighted by Gasteiger charge is 2.30. The fourth-order valence-electron chi connectivity index (χ4n) is 6.47. The minimum absolute atomic E-state index is 0.0103. The fraction of sp³-hybridized carbons (Fsp3) is 0.485. The first-order valence-electron chi connectivity index (χ1n) is 14.8. The Morgan fingerprint density at radius 2 is 1.83 bits per heavy atom. The molecule has 2 aromatic carbocycles. The first kappa shape index (κ1) is 28.9. The number of aryl methyl sites for hydroxylation is 1. The van der Waals surface area contributed by atoms with Gasteiger partial charge >= 0.3 is 5.97 Å². The molecule has 8 heteroatoms. The number of aromatic nitrogens is 1. The zero-order valence-electron chi connectivity index (χ0n) is 24.1. The average molecular weight is 563 g/mol. The van der Waals surface area contributed by atoms with Crippen molar-refractivity contribution < 1.29 is 29.6 Å². The number of rotatable bonds is 12. The molecular weight excluding hydrogens is 520 g/mol. The molecule has 0 spiro atoms. The number of benzene rings is 2. The first-order valence-corrected chi connectivity index (χ1v) is 14.8. The molecule has 1 aromatic heterocycles. The van der Waals surface area contributed by atoms with Crippen molar-refractivity contribution in [3.05, 3.63) is 70.8 Å². The molecule has 0 amide bonds. The molecule has 2 heterocycles. The zero-order valence-corrected chi connectivity index (χ0v) is 24.1. The second kappa shape index (κ2) is 12.9. The molecule has 3 aromatic rings. The van der Waals surface area contributed by atoms with E-state index < -0.39 is 5.97 Å². The molecule has 1 fully saturated rings. The quantitative estimate of drug-likeness (QED) is 0.246. The third kappa shape index (κ3) is 6.81. The molecule has 5 rings (SSSR count). The lowest BCUT2D eigenvalue weighted by Gasteiger charge is -2.37. The van der Waals surface area contributed by atoms with Gasteiger partial charge in [0.2, 0.25) is 0 Å². The van der Waals surface area contributed by atoms with Crippen molar-refractivity contribution in [1.82, 2.24) is 9.47 Å². The molecule has 1 unspecified atom stereocenters. The summed E-state index contributed by atoms with van der Waals surface area (Å²) in [5, 5.41) is 29.2. The van der Waals surface area contributed by atoms with Crippen molar-refractivity contribution in [2.24, 2.45) is 11.8 Å². The highest BCUT2D eigenvalue weighted by atomic mass is 16.5. The van der Waals surface area contributed by atoms with Gasteiger partial charge in [0.1, 0.15) is 18.1 Å². The van der Waals surface area contributed by atoms with Crippen LogP contribution in [0.2, 0.25) is 0 Å². The summed E-state index contributed by atoms with van der Waals surface area (Å²) in [4.78, 5) is 14.1. The van der Waals surface area contributed by atoms with Crippen LogP contribution >= 0.6 is 0 Å². The van der Waals surface area contributed by atoms with Crippen LogP contribution in [0.15, 0.2) is 48.5 Å². The second-order valence-electron chi connectivity index (χ2n) is 11.5. The molecule has 0 radical (unpaired) electrons. The normalized spacial score (nSPS) is 19.1. The van der Waals surface area contributed by atoms with Crippen molar-refractivity contribution in [1.29, 1.82) is 0 Å². The van der Waals surface area contributed by atoms with Gasteiger partial charge < -0.3 is 24.8 Å². The fourth-order valence-corrected chi connectivity index (χ4v) is 6.47. The van der Waals surface area contributed by atoms with Gasteiger partial charge in [0.25, 0.3) is 0 Å². The van der Waals surface area contributed by atoms with Crippen LogP contribution < -0.4 is 9.47 Å². The van der Waals surface area contributed by atoms with Gasteiger partial charge in [0.05, 0.1) is 19.1 Å². The number of fused-ring (bicyclic) bond motifs is 1. The van der Waals surface area contributed by atoms with E-state index in [2.05, 4.69) is 42.2 Å². The topological polar surface area (TPSA) is 104 Å². The molecule has 1 atom stereocenters. The van der Waals surface area contributed by atoms with Gasteiger partial charge in [-0.15, -0.1) is 0 Å². The van der Waals surface area contributed by atoms with E-state index in [0.717, 1.165) is 75.3 Å². The van der Waals surface area contributed by atoms with Gasteiger partial charge in [-0.2, -0.15) is 0 Å². The number of carbonyl (C=O) groups is 1. The van der Waals surface area contributed by atoms with Crippen molar-refractivity contribution >= 4 is 5.97 Å². The van der Waals surface area contributed by atoms with Crippen LogP contribution in [0.1, 0.15) is 67.3 Å². The number of nitrogens with zero attached hydrogens (tertiary/aromatic N) is 2. The smallest absolute Gasteiger partial charge is 0.306 e. The van der Waals surface area contributed by atoms with Crippen LogP contribution in [-0.2, 0) is 24.3 Å². The zero-order chi connectivity index (χ0) is 28.9. The lowest BCUT2D eigenvalue weighted by molar-refractivity contribution is -0.143. The number of carboxylic acids is 1. The van der Waals surface area contributed by atoms with Crippen LogP contribution in [0, 0.1) is 18.8 Å². The van der Waals surface area contributed by atoms with E-state index in [-0.39, 0.29) is 23.7 Å². The Hall–Kier alpha value is -3.65. The van der Waals surface area contributed by atoms with Crippen molar-refractivity contribution in [3.63, 3.8) is 0 Å². The number of hydrogen-bond acceptors (Lipinski definition) is 6. The minimum atomic E-state index is -0.660. The van der Waals surface area contributed by atoms with Gasteiger partial charge in [-0.25, -0.2) is 0 Å². The van der Waals surface area contributed by atoms with Gasteiger partial charge in [0, 0.05) is 37.7 Å². The third-order valence-electron chi connectivity index (χ3n) is 8.75. The van der Waals surface area contributed by atoms with Gasteiger partial charge in [-0.05, 0) is 79.3 Å². The molecule has 1 aliphatic carbocycles. The molecule has 0 saturated heterocycles. The largest absolute Gasteiger partial charge is 0.494 e. The van der Waals surface area contributed by atoms with E-state index in [4.69, 9.17) is 9.47 Å². The van der Waals surface area contributed by atoms with Crippen molar-refractivity contribution in [3.8, 4) is 23.3 Å². The molecule has 1 saturated carbocycles. The maximum Gasteiger partial charge on any atom is 0.306 e. The molecular formula is C33H42N2O6. The van der Waals surface area contributed by atoms with E-state index >= 15 is 0 Å². The summed E-state index contributed by atoms with van der Waals surface area (Å²) in [7, 11) is 0. The van der Waals surface area contributed by atoms with Crippen LogP contribution in [0.5, 0.6) is 23.3 Å². The Balaban J connectivity index is 1.30. The maximum atomic E-state index is 11.5. The predicted octanol–water partition coefficient (Wildman–Crippen LogP) is 6.07. The molecule has 8 nitrogen and oxygen atoms in total. The van der Waals surface area contributed by atoms with Gasteiger partial charge in [-0.1, -0.05) is 31.2 Å². The molecule has 1 aliphatic heterocycles. The van der Waals surface area contributed by atoms with Gasteiger partial charge in [0.15, 0.2) is 11.8 Å². The van der Waals surface area contributed by atoms with E-state index in [9.17, 15) is 20.1 Å². The Kier molecular flexibility index (Phi) is 9.08. The van der Waals surface area contributed by atoms with E-state index in [1.54, 1.807) is 0 Å². The predicted molar refractivity (Wildman–Crippen MR) is 157 cm³/mol. The summed E-state index contributed by atoms with van der Waals surface area (Å²) >= 11 is 0. The SMILES string of the molecule is CCC(c1ccc2c(c1)CCO2)N(Cc1ccc(OCCn2c(O)ccc2O)c(C)c1)CC1CCC(C(=O)O)CC1. The molecule has 41 heavy (non-hydrogen) atoms. The summed E-state index contributed by atoms with van der Waals surface area (Å²) in [6.45, 7) is 7.41. The van der Waals surface area contributed by atoms with Crippen LogP contribution in [0.25, 0.3) is 0 Å². The second-order valence-corrected chi connectivity index (χ2v) is 11.5. The van der Waals surface area contributed by atoms with Crippen molar-refractivity contribution in [2.75, 3.05) is 19.8 Å². The summed E-state index contributed by atoms with van der Waals surface area (Å²) in [5.74, 6) is 1.40. The Bertz CT molecular complexity index is 1320. The van der Waals surface area contributed by atoms with Gasteiger partial charge in [-0.3, -0.25) is 14.3 Å². The monoisotopic (exact) mass is 562 g/mol. The molecule has 0 bridgehead atoms. The number of aromatic hydroxyl groups is 2. The summed E-state index contributed by atoms with van der Waals surface area (Å²) in [5.41, 5.74) is 4.83. The molecule has 2 aliphatic rings. The van der Waals surface area contributed by atoms with Crippen LogP contribution in [-0.4, -0.2) is 50.5 Å². The summed E-state index contributed by atoms with van der Waals surface area (Å²) in [6, 6.07) is 16.1. The van der Waals surface area contributed by atoms with E-state index in [0.29, 0.717) is 19.1 Å². The maximum absolute atomic E-state index is 11.5. The first-order chi connectivity index (χ1) is 19.8. The van der Waals surface area contributed by atoms with Crippen molar-refractivity contribution in [2.45, 2.75) is 71.5 Å². The summed E-state index contributed by atoms with van der Waals surface area (Å²) in [6.07, 6.45) is 5.32. The minimum Gasteiger partial charge on any atom is -0.494 e. The van der Waals surface area contributed by atoms with E-state index in [1.807, 2.05) is 13.0 Å². The number of hydrogen-bond donors (Lipinski definition) is 3. The molecule has 220 valence electrons. The Labute approximate surface area is 242 Å². The Morgan fingerprint density at radius 1 is 1.07 bits per heavy atom. The summed E-state index contributed by atoms with van der Waals surface area (Å²) < 4.78 is 13.2. The number of carboxylic acid groups (broad SMARTS) is 1. The highest BCUT2D eigenvalue weighted by Crippen LogP contribution is 2.36.